The summed E-state index contributed by atoms with van der Waals surface area (Å²) in [5.41, 5.74) is 7.56. The van der Waals surface area contributed by atoms with Gasteiger partial charge in [-0.05, 0) is 11.5 Å². The summed E-state index contributed by atoms with van der Waals surface area (Å²) in [6.45, 7) is 2.09. The summed E-state index contributed by atoms with van der Waals surface area (Å²) in [4.78, 5) is 28.6. The van der Waals surface area contributed by atoms with E-state index in [0.29, 0.717) is 18.0 Å². The average molecular weight is 295 g/mol. The van der Waals surface area contributed by atoms with E-state index in [2.05, 4.69) is 29.0 Å². The van der Waals surface area contributed by atoms with Crippen LogP contribution in [0.25, 0.3) is 5.73 Å². The van der Waals surface area contributed by atoms with Crippen LogP contribution in [0.1, 0.15) is 23.1 Å². The first-order chi connectivity index (χ1) is 9.06. The van der Waals surface area contributed by atoms with Crippen LogP contribution in [0.4, 0.5) is 0 Å². The SMILES string of the molecule is CC1C=CC=C(Cc2cnc(C([NH-])=O)c(=O)[nH]2)C=C1.[K+]. The van der Waals surface area contributed by atoms with Gasteiger partial charge in [-0.2, -0.15) is 0 Å². The molecule has 2 rings (SSSR count). The summed E-state index contributed by atoms with van der Waals surface area (Å²) in [6, 6.07) is 0. The van der Waals surface area contributed by atoms with Crippen LogP contribution in [0.5, 0.6) is 0 Å². The molecule has 1 aromatic rings. The van der Waals surface area contributed by atoms with Crippen LogP contribution in [0.3, 0.4) is 0 Å². The summed E-state index contributed by atoms with van der Waals surface area (Å²) in [5, 5.41) is 0. The summed E-state index contributed by atoms with van der Waals surface area (Å²) < 4.78 is 0. The Bertz CT molecular complexity index is 644. The first-order valence-electron chi connectivity index (χ1n) is 5.96. The van der Waals surface area contributed by atoms with Crippen molar-refractivity contribution in [3.8, 4) is 0 Å². The third kappa shape index (κ3) is 4.64. The molecule has 0 saturated heterocycles. The van der Waals surface area contributed by atoms with Gasteiger partial charge in [0.05, 0.1) is 0 Å². The predicted molar refractivity (Wildman–Crippen MR) is 72.7 cm³/mol. The van der Waals surface area contributed by atoms with Crippen molar-refractivity contribution in [1.29, 1.82) is 0 Å². The number of amides is 1. The van der Waals surface area contributed by atoms with Crippen molar-refractivity contribution in [2.75, 3.05) is 0 Å². The van der Waals surface area contributed by atoms with Gasteiger partial charge < -0.3 is 15.5 Å². The van der Waals surface area contributed by atoms with E-state index in [1.54, 1.807) is 0 Å². The minimum Gasteiger partial charge on any atom is -0.662 e. The van der Waals surface area contributed by atoms with Crippen molar-refractivity contribution in [2.45, 2.75) is 13.3 Å². The number of nitrogens with one attached hydrogen (secondary N) is 2. The topological polar surface area (TPSA) is 86.6 Å². The van der Waals surface area contributed by atoms with E-state index in [1.165, 1.54) is 6.20 Å². The molecule has 98 valence electrons. The van der Waals surface area contributed by atoms with Gasteiger partial charge >= 0.3 is 51.4 Å². The Morgan fingerprint density at radius 2 is 2.20 bits per heavy atom. The summed E-state index contributed by atoms with van der Waals surface area (Å²) >= 11 is 0. The van der Waals surface area contributed by atoms with Crippen molar-refractivity contribution in [2.24, 2.45) is 5.92 Å². The Kier molecular flexibility index (Phi) is 6.77. The number of aromatic amines is 1. The molecule has 0 bridgehead atoms. The first-order valence-corrected chi connectivity index (χ1v) is 5.96. The van der Waals surface area contributed by atoms with Gasteiger partial charge in [-0.15, -0.1) is 0 Å². The van der Waals surface area contributed by atoms with E-state index in [-0.39, 0.29) is 57.1 Å². The second-order valence-corrected chi connectivity index (χ2v) is 4.44. The molecule has 1 heterocycles. The van der Waals surface area contributed by atoms with Gasteiger partial charge in [0.2, 0.25) is 0 Å². The number of hydrogen-bond acceptors (Lipinski definition) is 3. The van der Waals surface area contributed by atoms with Crippen molar-refractivity contribution in [3.05, 3.63) is 69.6 Å². The summed E-state index contributed by atoms with van der Waals surface area (Å²) in [7, 11) is 0. The number of nitrogens with zero attached hydrogens (tertiary/aromatic N) is 1. The molecule has 1 aliphatic rings. The van der Waals surface area contributed by atoms with E-state index < -0.39 is 11.5 Å². The molecule has 0 aliphatic heterocycles. The van der Waals surface area contributed by atoms with Crippen LogP contribution < -0.4 is 56.9 Å². The third-order valence-electron chi connectivity index (χ3n) is 2.79. The predicted octanol–water partition coefficient (Wildman–Crippen LogP) is -0.803. The van der Waals surface area contributed by atoms with Crippen molar-refractivity contribution < 1.29 is 56.2 Å². The van der Waals surface area contributed by atoms with Crippen molar-refractivity contribution >= 4 is 5.91 Å². The molecular formula is C14H14KN3O2. The monoisotopic (exact) mass is 295 g/mol. The maximum atomic E-state index is 11.5. The maximum absolute atomic E-state index is 11.5. The van der Waals surface area contributed by atoms with Gasteiger partial charge in [0, 0.05) is 18.3 Å². The van der Waals surface area contributed by atoms with Gasteiger partial charge in [0.25, 0.3) is 5.56 Å². The van der Waals surface area contributed by atoms with E-state index in [0.717, 1.165) is 5.57 Å². The fraction of sp³-hybridized carbons (Fsp3) is 0.214. The molecule has 20 heavy (non-hydrogen) atoms. The minimum absolute atomic E-state index is 0. The number of allylic oxidation sites excluding steroid dienone is 6. The maximum Gasteiger partial charge on any atom is 1.00 e. The van der Waals surface area contributed by atoms with E-state index in [4.69, 9.17) is 5.73 Å². The number of carbonyl (C=O) groups is 1. The van der Waals surface area contributed by atoms with Crippen molar-refractivity contribution in [3.63, 3.8) is 0 Å². The van der Waals surface area contributed by atoms with Gasteiger partial charge in [0.15, 0.2) is 5.69 Å². The number of rotatable bonds is 3. The summed E-state index contributed by atoms with van der Waals surface area (Å²) in [5.74, 6) is -0.688. The van der Waals surface area contributed by atoms with E-state index >= 15 is 0 Å². The van der Waals surface area contributed by atoms with Gasteiger partial charge in [0.1, 0.15) is 5.91 Å². The Balaban J connectivity index is 0.00000200. The molecule has 0 saturated carbocycles. The molecule has 0 radical (unpaired) electrons. The normalized spacial score (nSPS) is 17.1. The quantitative estimate of drug-likeness (QED) is 0.741. The molecule has 2 N–H and O–H groups in total. The molecule has 1 aromatic heterocycles. The third-order valence-corrected chi connectivity index (χ3v) is 2.79. The van der Waals surface area contributed by atoms with Crippen LogP contribution >= 0.6 is 0 Å². The molecule has 1 amide bonds. The zero-order valence-corrected chi connectivity index (χ0v) is 14.6. The zero-order chi connectivity index (χ0) is 13.8. The Labute approximate surface area is 159 Å². The zero-order valence-electron chi connectivity index (χ0n) is 11.5. The molecule has 0 fully saturated rings. The Morgan fingerprint density at radius 3 is 2.85 bits per heavy atom. The number of H-pyrrole nitrogens is 1. The molecule has 1 unspecified atom stereocenters. The van der Waals surface area contributed by atoms with Crippen LogP contribution in [0.2, 0.25) is 0 Å². The van der Waals surface area contributed by atoms with Gasteiger partial charge in [-0.3, -0.25) is 4.79 Å². The van der Waals surface area contributed by atoms with Crippen LogP contribution in [-0.2, 0) is 6.42 Å². The standard InChI is InChI=1S/C14H15N3O2.K/c1-9-3-2-4-10(6-5-9)7-11-8-16-12(13(15)18)14(19)17-11;/h2-6,8-9H,7H2,1H3,(H3,15,17,18,19);/q;+1/p-1. The second kappa shape index (κ2) is 7.85. The van der Waals surface area contributed by atoms with E-state index in [9.17, 15) is 9.59 Å². The Morgan fingerprint density at radius 1 is 1.45 bits per heavy atom. The smallest absolute Gasteiger partial charge is 0.662 e. The number of hydrogen-bond donors (Lipinski definition) is 1. The van der Waals surface area contributed by atoms with Crippen LogP contribution in [0, 0.1) is 5.92 Å². The number of aromatic nitrogens is 2. The minimum atomic E-state index is -1.07. The molecule has 1 atom stereocenters. The first kappa shape index (κ1) is 17.3. The average Bonchev–Trinajstić information content (AvgIpc) is 2.54. The van der Waals surface area contributed by atoms with Gasteiger partial charge in [-0.25, -0.2) is 4.98 Å². The Hall–Kier alpha value is -0.794. The van der Waals surface area contributed by atoms with Crippen LogP contribution in [0.15, 0.2) is 46.9 Å². The van der Waals surface area contributed by atoms with Gasteiger partial charge in [-0.1, -0.05) is 37.3 Å². The van der Waals surface area contributed by atoms with Crippen molar-refractivity contribution in [1.82, 2.24) is 9.97 Å². The molecule has 1 aliphatic carbocycles. The molecule has 5 nitrogen and oxygen atoms in total. The largest absolute Gasteiger partial charge is 1.00 e. The molecular weight excluding hydrogens is 281 g/mol. The number of carbonyl (C=O) groups excluding carboxylic acids is 1. The molecule has 0 spiro atoms. The second-order valence-electron chi connectivity index (χ2n) is 4.44. The molecule has 0 aromatic carbocycles. The summed E-state index contributed by atoms with van der Waals surface area (Å²) in [6.07, 6.45) is 12.1. The van der Waals surface area contributed by atoms with Crippen LogP contribution in [-0.4, -0.2) is 15.9 Å². The molecule has 6 heteroatoms. The fourth-order valence-corrected chi connectivity index (χ4v) is 1.78. The fourth-order valence-electron chi connectivity index (χ4n) is 1.78. The van der Waals surface area contributed by atoms with E-state index in [1.807, 2.05) is 18.2 Å².